The van der Waals surface area contributed by atoms with Gasteiger partial charge in [0.1, 0.15) is 11.8 Å². The molecule has 1 saturated heterocycles. The minimum Gasteiger partial charge on any atom is -0.497 e. The molecular weight excluding hydrogens is 368 g/mol. The lowest BCUT2D eigenvalue weighted by Crippen LogP contribution is -2.57. The number of methoxy groups -OCH3 is 1. The largest absolute Gasteiger partial charge is 0.497 e. The Hall–Kier alpha value is -2.49. The van der Waals surface area contributed by atoms with Crippen molar-refractivity contribution in [2.24, 2.45) is 0 Å². The predicted molar refractivity (Wildman–Crippen MR) is 100 cm³/mol. The van der Waals surface area contributed by atoms with Crippen LogP contribution < -0.4 is 14.8 Å². The lowest BCUT2D eigenvalue weighted by molar-refractivity contribution is -0.125. The summed E-state index contributed by atoms with van der Waals surface area (Å²) in [6.45, 7) is 0.289. The van der Waals surface area contributed by atoms with Crippen LogP contribution in [0.2, 0.25) is 0 Å². The van der Waals surface area contributed by atoms with Crippen molar-refractivity contribution in [3.8, 4) is 5.75 Å². The van der Waals surface area contributed by atoms with Gasteiger partial charge in [0.25, 0.3) is 10.2 Å². The van der Waals surface area contributed by atoms with Gasteiger partial charge in [0, 0.05) is 32.0 Å². The highest BCUT2D eigenvalue weighted by molar-refractivity contribution is 7.87. The molecule has 0 bridgehead atoms. The molecule has 0 unspecified atom stereocenters. The summed E-state index contributed by atoms with van der Waals surface area (Å²) in [4.78, 5) is 16.7. The molecule has 0 aliphatic carbocycles. The van der Waals surface area contributed by atoms with Crippen LogP contribution in [-0.2, 0) is 21.5 Å². The molecule has 0 spiro atoms. The minimum atomic E-state index is -3.77. The topological polar surface area (TPSA) is 101 Å². The van der Waals surface area contributed by atoms with Crippen molar-refractivity contribution >= 4 is 16.1 Å². The molecule has 1 aliphatic heterocycles. The second kappa shape index (κ2) is 8.03. The molecule has 1 aromatic heterocycles. The van der Waals surface area contributed by atoms with Gasteiger partial charge in [0.15, 0.2) is 0 Å². The van der Waals surface area contributed by atoms with E-state index in [0.717, 1.165) is 15.4 Å². The maximum Gasteiger partial charge on any atom is 0.280 e. The van der Waals surface area contributed by atoms with Crippen LogP contribution in [0.25, 0.3) is 0 Å². The van der Waals surface area contributed by atoms with Crippen LogP contribution in [0.4, 0.5) is 0 Å². The number of hydrogen-bond acceptors (Lipinski definition) is 5. The average Bonchev–Trinajstić information content (AvgIpc) is 2.69. The van der Waals surface area contributed by atoms with Crippen LogP contribution >= 0.6 is 0 Å². The van der Waals surface area contributed by atoms with Crippen molar-refractivity contribution in [2.75, 3.05) is 14.2 Å². The van der Waals surface area contributed by atoms with Gasteiger partial charge >= 0.3 is 0 Å². The van der Waals surface area contributed by atoms with Crippen molar-refractivity contribution in [3.05, 3.63) is 59.9 Å². The van der Waals surface area contributed by atoms with Gasteiger partial charge in [-0.2, -0.15) is 17.4 Å². The molecule has 9 heteroatoms. The molecular formula is C18H22N4O4S. The monoisotopic (exact) mass is 390 g/mol. The first-order chi connectivity index (χ1) is 12.9. The first kappa shape index (κ1) is 19.3. The lowest BCUT2D eigenvalue weighted by atomic mass is 9.99. The van der Waals surface area contributed by atoms with E-state index in [-0.39, 0.29) is 12.5 Å². The number of ether oxygens (including phenoxy) is 1. The standard InChI is InChI=1S/C18H22N4O4S/c1-22-17(18(23)20-12-13-4-3-9-19-11-13)10-16(21-27(22,24)25)14-5-7-15(26-2)8-6-14/h3-9,11,16-17,21H,10,12H2,1-2H3,(H,20,23)/t16-,17+/m1/s1. The van der Waals surface area contributed by atoms with Crippen LogP contribution in [0.1, 0.15) is 23.6 Å². The fraction of sp³-hybridized carbons (Fsp3) is 0.333. The number of nitrogens with zero attached hydrogens (tertiary/aromatic N) is 2. The second-order valence-corrected chi connectivity index (χ2v) is 8.06. The third kappa shape index (κ3) is 4.44. The van der Waals surface area contributed by atoms with E-state index in [2.05, 4.69) is 15.0 Å². The molecule has 1 fully saturated rings. The molecule has 8 nitrogen and oxygen atoms in total. The number of carbonyl (C=O) groups is 1. The summed E-state index contributed by atoms with van der Waals surface area (Å²) < 4.78 is 33.8. The predicted octanol–water partition coefficient (Wildman–Crippen LogP) is 0.986. The normalized spacial score (nSPS) is 22.1. The zero-order chi connectivity index (χ0) is 19.4. The van der Waals surface area contributed by atoms with Crippen molar-refractivity contribution in [1.29, 1.82) is 0 Å². The van der Waals surface area contributed by atoms with Crippen molar-refractivity contribution in [2.45, 2.75) is 25.0 Å². The first-order valence-electron chi connectivity index (χ1n) is 8.46. The smallest absolute Gasteiger partial charge is 0.280 e. The first-order valence-corrected chi connectivity index (χ1v) is 9.90. The second-order valence-electron chi connectivity index (χ2n) is 6.30. The third-order valence-corrected chi connectivity index (χ3v) is 6.17. The van der Waals surface area contributed by atoms with Crippen LogP contribution in [0.3, 0.4) is 0 Å². The summed E-state index contributed by atoms with van der Waals surface area (Å²) in [5.74, 6) is 0.338. The van der Waals surface area contributed by atoms with Gasteiger partial charge < -0.3 is 10.1 Å². The number of hydrogen-bond donors (Lipinski definition) is 2. The maximum atomic E-state index is 12.7. The number of nitrogens with one attached hydrogen (secondary N) is 2. The molecule has 2 aromatic rings. The molecule has 144 valence electrons. The Kier molecular flexibility index (Phi) is 5.73. The molecule has 1 aromatic carbocycles. The van der Waals surface area contributed by atoms with E-state index in [4.69, 9.17) is 4.74 Å². The molecule has 2 atom stereocenters. The number of carbonyl (C=O) groups excluding carboxylic acids is 1. The molecule has 27 heavy (non-hydrogen) atoms. The SMILES string of the molecule is COc1ccc([C@H]2C[C@@H](C(=O)NCc3cccnc3)N(C)S(=O)(=O)N2)cc1. The number of aromatic nitrogens is 1. The summed E-state index contributed by atoms with van der Waals surface area (Å²) in [5.41, 5.74) is 1.62. The zero-order valence-electron chi connectivity index (χ0n) is 15.1. The molecule has 1 amide bonds. The summed E-state index contributed by atoms with van der Waals surface area (Å²) in [6, 6.07) is 9.44. The number of amides is 1. The fourth-order valence-electron chi connectivity index (χ4n) is 2.97. The van der Waals surface area contributed by atoms with Gasteiger partial charge in [0.2, 0.25) is 5.91 Å². The van der Waals surface area contributed by atoms with Crippen molar-refractivity contribution < 1.29 is 17.9 Å². The Morgan fingerprint density at radius 1 is 1.33 bits per heavy atom. The summed E-state index contributed by atoms with van der Waals surface area (Å²) in [7, 11) is -0.804. The van der Waals surface area contributed by atoms with Crippen LogP contribution in [-0.4, -0.2) is 43.8 Å². The fourth-order valence-corrected chi connectivity index (χ4v) is 4.25. The number of pyridine rings is 1. The Morgan fingerprint density at radius 2 is 2.07 bits per heavy atom. The number of benzene rings is 1. The molecule has 3 rings (SSSR count). The Bertz CT molecular complexity index is 887. The van der Waals surface area contributed by atoms with Crippen LogP contribution in [0.15, 0.2) is 48.8 Å². The highest BCUT2D eigenvalue weighted by atomic mass is 32.2. The minimum absolute atomic E-state index is 0.289. The van der Waals surface area contributed by atoms with E-state index in [9.17, 15) is 13.2 Å². The Balaban J connectivity index is 1.75. The number of likely N-dealkylation sites (N-methyl/N-ethyl adjacent to an activating group) is 1. The Labute approximate surface area is 158 Å². The third-order valence-electron chi connectivity index (χ3n) is 4.58. The zero-order valence-corrected chi connectivity index (χ0v) is 15.9. The summed E-state index contributed by atoms with van der Waals surface area (Å²) >= 11 is 0. The average molecular weight is 390 g/mol. The van der Waals surface area contributed by atoms with E-state index in [1.54, 1.807) is 49.8 Å². The molecule has 2 heterocycles. The molecule has 2 N–H and O–H groups in total. The van der Waals surface area contributed by atoms with Gasteiger partial charge in [-0.1, -0.05) is 18.2 Å². The number of rotatable bonds is 5. The van der Waals surface area contributed by atoms with Crippen LogP contribution in [0.5, 0.6) is 5.75 Å². The van der Waals surface area contributed by atoms with Gasteiger partial charge in [-0.3, -0.25) is 9.78 Å². The van der Waals surface area contributed by atoms with E-state index in [1.807, 2.05) is 6.07 Å². The van der Waals surface area contributed by atoms with E-state index in [0.29, 0.717) is 12.2 Å². The quantitative estimate of drug-likeness (QED) is 0.793. The Morgan fingerprint density at radius 3 is 2.70 bits per heavy atom. The van der Waals surface area contributed by atoms with E-state index >= 15 is 0 Å². The van der Waals surface area contributed by atoms with Crippen molar-refractivity contribution in [1.82, 2.24) is 19.3 Å². The highest BCUT2D eigenvalue weighted by Crippen LogP contribution is 2.28. The van der Waals surface area contributed by atoms with E-state index in [1.165, 1.54) is 7.05 Å². The summed E-state index contributed by atoms with van der Waals surface area (Å²) in [5, 5.41) is 2.79. The van der Waals surface area contributed by atoms with Crippen LogP contribution in [0, 0.1) is 0 Å². The van der Waals surface area contributed by atoms with Crippen molar-refractivity contribution in [3.63, 3.8) is 0 Å². The van der Waals surface area contributed by atoms with Gasteiger partial charge in [-0.25, -0.2) is 0 Å². The molecule has 0 saturated carbocycles. The van der Waals surface area contributed by atoms with Gasteiger partial charge in [-0.15, -0.1) is 0 Å². The lowest BCUT2D eigenvalue weighted by Gasteiger charge is -2.36. The molecule has 0 radical (unpaired) electrons. The maximum absolute atomic E-state index is 12.7. The summed E-state index contributed by atoms with van der Waals surface area (Å²) in [6.07, 6.45) is 3.63. The molecule has 1 aliphatic rings. The van der Waals surface area contributed by atoms with Gasteiger partial charge in [-0.05, 0) is 35.7 Å². The van der Waals surface area contributed by atoms with Gasteiger partial charge in [0.05, 0.1) is 7.11 Å². The highest BCUT2D eigenvalue weighted by Gasteiger charge is 2.40. The van der Waals surface area contributed by atoms with E-state index < -0.39 is 22.3 Å².